The molecule has 1 aliphatic rings. The summed E-state index contributed by atoms with van der Waals surface area (Å²) in [4.78, 5) is 19.4. The van der Waals surface area contributed by atoms with Crippen molar-refractivity contribution < 1.29 is 9.53 Å². The van der Waals surface area contributed by atoms with Crippen molar-refractivity contribution in [2.24, 2.45) is 0 Å². The molecule has 0 saturated heterocycles. The summed E-state index contributed by atoms with van der Waals surface area (Å²) >= 11 is 6.10. The van der Waals surface area contributed by atoms with Crippen LogP contribution in [0.5, 0.6) is 5.75 Å². The molecule has 2 aromatic rings. The molecule has 0 radical (unpaired) electrons. The van der Waals surface area contributed by atoms with Gasteiger partial charge in [0.2, 0.25) is 0 Å². The molecule has 0 fully saturated rings. The number of methoxy groups -OCH3 is 1. The molecule has 0 atom stereocenters. The van der Waals surface area contributed by atoms with Gasteiger partial charge in [-0.3, -0.25) is 9.78 Å². The quantitative estimate of drug-likeness (QED) is 0.847. The number of rotatable bonds is 3. The van der Waals surface area contributed by atoms with Crippen LogP contribution < -0.4 is 10.1 Å². The average Bonchev–Trinajstić information content (AvgIpc) is 2.53. The number of benzene rings is 1. The van der Waals surface area contributed by atoms with E-state index in [0.29, 0.717) is 22.0 Å². The lowest BCUT2D eigenvalue weighted by molar-refractivity contribution is 0.102. The van der Waals surface area contributed by atoms with E-state index in [-0.39, 0.29) is 23.7 Å². The molecule has 5 nitrogen and oxygen atoms in total. The Labute approximate surface area is 165 Å². The van der Waals surface area contributed by atoms with E-state index in [1.54, 1.807) is 24.4 Å². The van der Waals surface area contributed by atoms with Gasteiger partial charge in [-0.25, -0.2) is 0 Å². The summed E-state index contributed by atoms with van der Waals surface area (Å²) in [6.45, 7) is 6.16. The molecule has 2 heterocycles. The Balaban J connectivity index is 0.00000243. The number of anilines is 1. The van der Waals surface area contributed by atoms with Crippen LogP contribution >= 0.6 is 24.0 Å². The van der Waals surface area contributed by atoms with Gasteiger partial charge >= 0.3 is 0 Å². The Morgan fingerprint density at radius 1 is 1.35 bits per heavy atom. The predicted molar refractivity (Wildman–Crippen MR) is 107 cm³/mol. The fourth-order valence-corrected chi connectivity index (χ4v) is 3.67. The van der Waals surface area contributed by atoms with Crippen LogP contribution in [0.15, 0.2) is 30.5 Å². The van der Waals surface area contributed by atoms with Crippen LogP contribution in [0.2, 0.25) is 5.02 Å². The lowest BCUT2D eigenvalue weighted by Crippen LogP contribution is -2.40. The molecular formula is C19H23Cl2N3O2. The molecule has 0 unspecified atom stereocenters. The van der Waals surface area contributed by atoms with Crippen LogP contribution in [0, 0.1) is 0 Å². The first kappa shape index (κ1) is 20.5. The summed E-state index contributed by atoms with van der Waals surface area (Å²) in [7, 11) is 3.63. The van der Waals surface area contributed by atoms with Crippen LogP contribution in [0.3, 0.4) is 0 Å². The normalized spacial score (nSPS) is 15.6. The minimum Gasteiger partial charge on any atom is -0.495 e. The number of pyridine rings is 1. The fraction of sp³-hybridized carbons (Fsp3) is 0.368. The number of nitrogens with one attached hydrogen (secondary N) is 1. The highest BCUT2D eigenvalue weighted by Gasteiger charge is 2.31. The lowest BCUT2D eigenvalue weighted by Gasteiger charge is -2.37. The van der Waals surface area contributed by atoms with Crippen LogP contribution in [-0.2, 0) is 12.0 Å². The van der Waals surface area contributed by atoms with Crippen molar-refractivity contribution in [3.8, 4) is 5.75 Å². The van der Waals surface area contributed by atoms with Crippen molar-refractivity contribution in [1.29, 1.82) is 0 Å². The molecule has 1 aromatic heterocycles. The van der Waals surface area contributed by atoms with Gasteiger partial charge in [0, 0.05) is 24.1 Å². The minimum atomic E-state index is -0.227. The molecular weight excluding hydrogens is 373 g/mol. The first-order valence-corrected chi connectivity index (χ1v) is 8.51. The van der Waals surface area contributed by atoms with Crippen molar-refractivity contribution in [3.05, 3.63) is 52.3 Å². The maximum Gasteiger partial charge on any atom is 0.255 e. The first-order chi connectivity index (χ1) is 11.8. The Bertz CT molecular complexity index is 824. The topological polar surface area (TPSA) is 54.5 Å². The second-order valence-electron chi connectivity index (χ2n) is 7.09. The van der Waals surface area contributed by atoms with E-state index < -0.39 is 0 Å². The van der Waals surface area contributed by atoms with Crippen molar-refractivity contribution in [2.45, 2.75) is 25.8 Å². The van der Waals surface area contributed by atoms with Gasteiger partial charge in [0.15, 0.2) is 0 Å². The molecule has 0 saturated carbocycles. The van der Waals surface area contributed by atoms with Gasteiger partial charge < -0.3 is 15.0 Å². The van der Waals surface area contributed by atoms with Gasteiger partial charge in [0.25, 0.3) is 5.91 Å². The number of nitrogens with zero attached hydrogens (tertiary/aromatic N) is 2. The smallest absolute Gasteiger partial charge is 0.255 e. The van der Waals surface area contributed by atoms with Gasteiger partial charge in [0.1, 0.15) is 5.75 Å². The van der Waals surface area contributed by atoms with Gasteiger partial charge in [-0.05, 0) is 36.9 Å². The molecule has 0 aliphatic carbocycles. The summed E-state index contributed by atoms with van der Waals surface area (Å²) in [6.07, 6.45) is 1.72. The van der Waals surface area contributed by atoms with Crippen molar-refractivity contribution in [3.63, 3.8) is 0 Å². The highest BCUT2D eigenvalue weighted by molar-refractivity contribution is 6.32. The second-order valence-corrected chi connectivity index (χ2v) is 7.50. The van der Waals surface area contributed by atoms with E-state index in [2.05, 4.69) is 36.1 Å². The number of aromatic nitrogens is 1. The molecule has 0 spiro atoms. The molecule has 140 valence electrons. The molecule has 1 aromatic carbocycles. The largest absolute Gasteiger partial charge is 0.495 e. The van der Waals surface area contributed by atoms with Crippen LogP contribution in [0.4, 0.5) is 5.69 Å². The maximum atomic E-state index is 12.5. The zero-order chi connectivity index (χ0) is 18.2. The number of fused-ring (bicyclic) bond motifs is 1. The summed E-state index contributed by atoms with van der Waals surface area (Å²) < 4.78 is 5.11. The van der Waals surface area contributed by atoms with Gasteiger partial charge in [-0.15, -0.1) is 12.4 Å². The highest BCUT2D eigenvalue weighted by atomic mass is 35.5. The number of likely N-dealkylation sites (N-methyl/N-ethyl adjacent to an activating group) is 1. The van der Waals surface area contributed by atoms with E-state index in [0.717, 1.165) is 24.3 Å². The molecule has 1 aliphatic heterocycles. The zero-order valence-electron chi connectivity index (χ0n) is 15.3. The number of halogens is 2. The van der Waals surface area contributed by atoms with E-state index in [1.165, 1.54) is 7.11 Å². The molecule has 26 heavy (non-hydrogen) atoms. The SMILES string of the molecule is COc1ccc(C(=O)Nc2cnc3c(c2)CN(C)CC3(C)C)cc1Cl.Cl. The summed E-state index contributed by atoms with van der Waals surface area (Å²) in [5.74, 6) is 0.314. The zero-order valence-corrected chi connectivity index (χ0v) is 16.9. The van der Waals surface area contributed by atoms with Crippen molar-refractivity contribution in [1.82, 2.24) is 9.88 Å². The third-order valence-electron chi connectivity index (χ3n) is 4.38. The van der Waals surface area contributed by atoms with Crippen LogP contribution in [0.1, 0.15) is 35.5 Å². The van der Waals surface area contributed by atoms with Gasteiger partial charge in [0.05, 0.1) is 29.7 Å². The minimum absolute atomic E-state index is 0. The maximum absolute atomic E-state index is 12.5. The third-order valence-corrected chi connectivity index (χ3v) is 4.68. The molecule has 0 bridgehead atoms. The van der Waals surface area contributed by atoms with Crippen molar-refractivity contribution >= 4 is 35.6 Å². The number of carbonyl (C=O) groups is 1. The monoisotopic (exact) mass is 395 g/mol. The number of hydrogen-bond acceptors (Lipinski definition) is 4. The predicted octanol–water partition coefficient (Wildman–Crippen LogP) is 4.14. The van der Waals surface area contributed by atoms with Crippen molar-refractivity contribution in [2.75, 3.05) is 26.0 Å². The number of carbonyl (C=O) groups excluding carboxylic acids is 1. The van der Waals surface area contributed by atoms with Crippen LogP contribution in [-0.4, -0.2) is 36.5 Å². The van der Waals surface area contributed by atoms with E-state index >= 15 is 0 Å². The standard InChI is InChI=1S/C19H22ClN3O2.ClH/c1-19(2)11-23(3)10-13-7-14(9-21-17(13)19)22-18(24)12-5-6-16(25-4)15(20)8-12;/h5-9H,10-11H2,1-4H3,(H,22,24);1H. The number of ether oxygens (including phenoxy) is 1. The molecule has 1 N–H and O–H groups in total. The highest BCUT2D eigenvalue weighted by Crippen LogP contribution is 2.32. The summed E-state index contributed by atoms with van der Waals surface area (Å²) in [5, 5.41) is 3.30. The van der Waals surface area contributed by atoms with Gasteiger partial charge in [-0.1, -0.05) is 25.4 Å². The Morgan fingerprint density at radius 3 is 2.73 bits per heavy atom. The lowest BCUT2D eigenvalue weighted by atomic mass is 9.82. The summed E-state index contributed by atoms with van der Waals surface area (Å²) in [5.41, 5.74) is 3.39. The fourth-order valence-electron chi connectivity index (χ4n) is 3.42. The first-order valence-electron chi connectivity index (χ1n) is 8.13. The van der Waals surface area contributed by atoms with Crippen LogP contribution in [0.25, 0.3) is 0 Å². The Kier molecular flexibility index (Phi) is 6.17. The third kappa shape index (κ3) is 4.11. The number of hydrogen-bond donors (Lipinski definition) is 1. The Morgan fingerprint density at radius 2 is 2.08 bits per heavy atom. The Hall–Kier alpha value is -1.82. The molecule has 7 heteroatoms. The second kappa shape index (κ2) is 7.82. The van der Waals surface area contributed by atoms with E-state index in [1.807, 2.05) is 6.07 Å². The summed E-state index contributed by atoms with van der Waals surface area (Å²) in [6, 6.07) is 6.96. The van der Waals surface area contributed by atoms with Gasteiger partial charge in [-0.2, -0.15) is 0 Å². The van der Waals surface area contributed by atoms with E-state index in [4.69, 9.17) is 16.3 Å². The number of amides is 1. The molecule has 1 amide bonds. The average molecular weight is 396 g/mol. The van der Waals surface area contributed by atoms with E-state index in [9.17, 15) is 4.79 Å². The molecule has 3 rings (SSSR count).